The van der Waals surface area contributed by atoms with Crippen molar-refractivity contribution in [3.05, 3.63) is 77.5 Å². The molecule has 1 unspecified atom stereocenters. The molecule has 0 saturated carbocycles. The van der Waals surface area contributed by atoms with E-state index in [1.54, 1.807) is 22.0 Å². The van der Waals surface area contributed by atoms with Crippen molar-refractivity contribution in [2.75, 3.05) is 6.54 Å². The van der Waals surface area contributed by atoms with Gasteiger partial charge in [0.25, 0.3) is 5.91 Å². The van der Waals surface area contributed by atoms with Crippen molar-refractivity contribution in [2.24, 2.45) is 12.0 Å². The van der Waals surface area contributed by atoms with Gasteiger partial charge in [-0.25, -0.2) is 9.97 Å². The van der Waals surface area contributed by atoms with Crippen LogP contribution in [0, 0.1) is 6.92 Å². The molecular weight excluding hydrogens is 454 g/mol. The van der Waals surface area contributed by atoms with Gasteiger partial charge in [0.05, 0.1) is 34.7 Å². The van der Waals surface area contributed by atoms with Gasteiger partial charge in [-0.15, -0.1) is 0 Å². The standard InChI is InChI=1S/C27H29N7O2/c1-6-18-10-8-9-11-21(18)30-17(4)24-23-22(28-15-29-23)12-13-34(24)27(35)25-20(7-2)31-26(36-25)19-14-33(5)32-16(19)3/h6,8-11,14-15,24H,1,7,12-13H2,2-5H3,(H,28,29). The van der Waals surface area contributed by atoms with Crippen molar-refractivity contribution in [3.8, 4) is 11.5 Å². The van der Waals surface area contributed by atoms with E-state index in [9.17, 15) is 4.79 Å². The fraction of sp³-hybridized carbons (Fsp3) is 0.296. The number of imidazole rings is 1. The van der Waals surface area contributed by atoms with Crippen LogP contribution in [0.25, 0.3) is 17.5 Å². The first-order valence-electron chi connectivity index (χ1n) is 12.0. The maximum Gasteiger partial charge on any atom is 0.292 e. The lowest BCUT2D eigenvalue weighted by Crippen LogP contribution is -2.43. The SMILES string of the molecule is C=Cc1ccccc1N=C(C)C1c2nc[nH]c2CCN1C(=O)c1oc(-c2cn(C)nc2C)nc1CC. The lowest BCUT2D eigenvalue weighted by atomic mass is 9.98. The number of aryl methyl sites for hydroxylation is 3. The number of hydrogen-bond donors (Lipinski definition) is 1. The Kier molecular flexibility index (Phi) is 6.13. The summed E-state index contributed by atoms with van der Waals surface area (Å²) in [5.74, 6) is 0.427. The second-order valence-corrected chi connectivity index (χ2v) is 8.88. The van der Waals surface area contributed by atoms with Gasteiger partial charge in [-0.2, -0.15) is 5.10 Å². The van der Waals surface area contributed by atoms with Crippen LogP contribution >= 0.6 is 0 Å². The number of para-hydroxylation sites is 1. The predicted molar refractivity (Wildman–Crippen MR) is 138 cm³/mol. The molecule has 0 spiro atoms. The van der Waals surface area contributed by atoms with Gasteiger partial charge in [-0.1, -0.05) is 37.8 Å². The number of nitrogens with zero attached hydrogens (tertiary/aromatic N) is 6. The van der Waals surface area contributed by atoms with Crippen molar-refractivity contribution < 1.29 is 9.21 Å². The molecule has 36 heavy (non-hydrogen) atoms. The van der Waals surface area contributed by atoms with Crippen LogP contribution in [0.3, 0.4) is 0 Å². The summed E-state index contributed by atoms with van der Waals surface area (Å²) in [7, 11) is 1.85. The van der Waals surface area contributed by atoms with Gasteiger partial charge in [0.1, 0.15) is 6.04 Å². The van der Waals surface area contributed by atoms with Crippen LogP contribution in [-0.4, -0.2) is 47.8 Å². The Morgan fingerprint density at radius 1 is 1.36 bits per heavy atom. The molecule has 4 aromatic rings. The summed E-state index contributed by atoms with van der Waals surface area (Å²) in [4.78, 5) is 33.1. The zero-order valence-electron chi connectivity index (χ0n) is 20.9. The molecule has 1 N–H and O–H groups in total. The number of H-pyrrole nitrogens is 1. The zero-order valence-corrected chi connectivity index (χ0v) is 20.9. The molecule has 0 aliphatic carbocycles. The summed E-state index contributed by atoms with van der Waals surface area (Å²) in [6, 6.07) is 7.35. The van der Waals surface area contributed by atoms with E-state index in [1.165, 1.54) is 0 Å². The number of carbonyl (C=O) groups excluding carboxylic acids is 1. The van der Waals surface area contributed by atoms with Crippen LogP contribution in [0.4, 0.5) is 5.69 Å². The Hall–Kier alpha value is -4.27. The van der Waals surface area contributed by atoms with E-state index in [0.717, 1.165) is 39.6 Å². The average Bonchev–Trinajstić information content (AvgIpc) is 3.60. The van der Waals surface area contributed by atoms with E-state index < -0.39 is 6.04 Å². The Morgan fingerprint density at radius 2 is 2.17 bits per heavy atom. The molecule has 1 aliphatic heterocycles. The highest BCUT2D eigenvalue weighted by atomic mass is 16.4. The maximum atomic E-state index is 14.0. The lowest BCUT2D eigenvalue weighted by molar-refractivity contribution is 0.0676. The van der Waals surface area contributed by atoms with E-state index in [4.69, 9.17) is 9.41 Å². The van der Waals surface area contributed by atoms with E-state index in [-0.39, 0.29) is 11.7 Å². The maximum absolute atomic E-state index is 14.0. The average molecular weight is 484 g/mol. The highest BCUT2D eigenvalue weighted by molar-refractivity contribution is 5.99. The highest BCUT2D eigenvalue weighted by Gasteiger charge is 2.38. The molecule has 0 saturated heterocycles. The summed E-state index contributed by atoms with van der Waals surface area (Å²) in [5.41, 5.74) is 6.47. The van der Waals surface area contributed by atoms with Crippen LogP contribution in [0.2, 0.25) is 0 Å². The van der Waals surface area contributed by atoms with E-state index in [0.29, 0.717) is 31.0 Å². The molecule has 5 rings (SSSR count). The van der Waals surface area contributed by atoms with Crippen LogP contribution in [0.1, 0.15) is 58.8 Å². The molecule has 9 heteroatoms. The molecule has 1 atom stereocenters. The smallest absolute Gasteiger partial charge is 0.292 e. The minimum Gasteiger partial charge on any atom is -0.430 e. The third-order valence-corrected chi connectivity index (χ3v) is 6.51. The molecule has 0 radical (unpaired) electrons. The molecule has 3 aromatic heterocycles. The number of nitrogens with one attached hydrogen (secondary N) is 1. The Morgan fingerprint density at radius 3 is 2.89 bits per heavy atom. The third kappa shape index (κ3) is 4.06. The molecule has 1 amide bonds. The quantitative estimate of drug-likeness (QED) is 0.395. The topological polar surface area (TPSA) is 105 Å². The molecule has 184 valence electrons. The van der Waals surface area contributed by atoms with Crippen molar-refractivity contribution in [3.63, 3.8) is 0 Å². The lowest BCUT2D eigenvalue weighted by Gasteiger charge is -2.34. The number of carbonyl (C=O) groups is 1. The minimum atomic E-state index is -0.441. The zero-order chi connectivity index (χ0) is 25.4. The van der Waals surface area contributed by atoms with Crippen molar-refractivity contribution in [1.82, 2.24) is 29.6 Å². The van der Waals surface area contributed by atoms with E-state index in [1.807, 2.05) is 58.3 Å². The van der Waals surface area contributed by atoms with Gasteiger partial charge < -0.3 is 14.3 Å². The Balaban J connectivity index is 1.56. The number of aliphatic imine (C=N–C) groups is 1. The number of aromatic nitrogens is 5. The fourth-order valence-corrected chi connectivity index (χ4v) is 4.75. The number of hydrogen-bond acceptors (Lipinski definition) is 6. The van der Waals surface area contributed by atoms with Crippen LogP contribution in [-0.2, 0) is 19.9 Å². The first-order chi connectivity index (χ1) is 17.4. The third-order valence-electron chi connectivity index (χ3n) is 6.51. The minimum absolute atomic E-state index is 0.225. The van der Waals surface area contributed by atoms with Gasteiger partial charge in [0.2, 0.25) is 11.7 Å². The second-order valence-electron chi connectivity index (χ2n) is 8.88. The van der Waals surface area contributed by atoms with Crippen molar-refractivity contribution >= 4 is 23.4 Å². The summed E-state index contributed by atoms with van der Waals surface area (Å²) in [6.07, 6.45) is 6.53. The molecule has 0 bridgehead atoms. The largest absolute Gasteiger partial charge is 0.430 e. The first kappa shape index (κ1) is 23.5. The second kappa shape index (κ2) is 9.41. The van der Waals surface area contributed by atoms with E-state index >= 15 is 0 Å². The fourth-order valence-electron chi connectivity index (χ4n) is 4.75. The summed E-state index contributed by atoms with van der Waals surface area (Å²) >= 11 is 0. The summed E-state index contributed by atoms with van der Waals surface area (Å²) < 4.78 is 7.83. The molecule has 9 nitrogen and oxygen atoms in total. The van der Waals surface area contributed by atoms with Gasteiger partial charge >= 0.3 is 0 Å². The number of benzene rings is 1. The summed E-state index contributed by atoms with van der Waals surface area (Å²) in [6.45, 7) is 10.2. The van der Waals surface area contributed by atoms with Gasteiger partial charge in [0.15, 0.2) is 0 Å². The molecule has 0 fully saturated rings. The summed E-state index contributed by atoms with van der Waals surface area (Å²) in [5, 5.41) is 4.38. The Bertz CT molecular complexity index is 1470. The first-order valence-corrected chi connectivity index (χ1v) is 12.0. The van der Waals surface area contributed by atoms with E-state index in [2.05, 4.69) is 26.6 Å². The van der Waals surface area contributed by atoms with Gasteiger partial charge in [-0.3, -0.25) is 14.5 Å². The predicted octanol–water partition coefficient (Wildman–Crippen LogP) is 4.84. The number of rotatable bonds is 6. The molecule has 1 aliphatic rings. The number of fused-ring (bicyclic) bond motifs is 1. The molecule has 1 aromatic carbocycles. The monoisotopic (exact) mass is 483 g/mol. The van der Waals surface area contributed by atoms with Crippen molar-refractivity contribution in [2.45, 2.75) is 39.7 Å². The normalized spacial score (nSPS) is 15.7. The number of amides is 1. The molecule has 4 heterocycles. The number of aromatic amines is 1. The van der Waals surface area contributed by atoms with Gasteiger partial charge in [-0.05, 0) is 31.9 Å². The Labute approximate surface area is 209 Å². The van der Waals surface area contributed by atoms with Crippen LogP contribution in [0.15, 0.2) is 52.8 Å². The highest BCUT2D eigenvalue weighted by Crippen LogP contribution is 2.34. The van der Waals surface area contributed by atoms with Gasteiger partial charge in [0, 0.05) is 37.6 Å². The number of oxazole rings is 1. The molecular formula is C27H29N7O2. The van der Waals surface area contributed by atoms with Crippen LogP contribution < -0.4 is 0 Å². The van der Waals surface area contributed by atoms with Crippen LogP contribution in [0.5, 0.6) is 0 Å². The van der Waals surface area contributed by atoms with Crippen molar-refractivity contribution in [1.29, 1.82) is 0 Å².